The summed E-state index contributed by atoms with van der Waals surface area (Å²) in [6.45, 7) is 3.54. The summed E-state index contributed by atoms with van der Waals surface area (Å²) in [5.41, 5.74) is 1.81. The van der Waals surface area contributed by atoms with Gasteiger partial charge in [-0.1, -0.05) is 44.5 Å². The van der Waals surface area contributed by atoms with Crippen molar-refractivity contribution >= 4 is 11.6 Å². The Morgan fingerprint density at radius 2 is 1.44 bits per heavy atom. The number of hydrogen-bond donors (Lipinski definition) is 3. The van der Waals surface area contributed by atoms with Gasteiger partial charge in [0.05, 0.1) is 26.2 Å². The fourth-order valence-corrected chi connectivity index (χ4v) is 3.04. The molecule has 1 saturated carbocycles. The van der Waals surface area contributed by atoms with E-state index < -0.39 is 5.41 Å². The highest BCUT2D eigenvalue weighted by atomic mass is 16.3. The molecule has 1 aliphatic rings. The van der Waals surface area contributed by atoms with Crippen LogP contribution in [0.25, 0.3) is 0 Å². The fraction of sp³-hybridized carbons (Fsp3) is 0.636. The van der Waals surface area contributed by atoms with Gasteiger partial charge >= 0.3 is 0 Å². The Balaban J connectivity index is 0.000000345. The van der Waals surface area contributed by atoms with Crippen LogP contribution in [0.4, 0.5) is 0 Å². The Morgan fingerprint density at radius 1 is 0.926 bits per heavy atom. The summed E-state index contributed by atoms with van der Waals surface area (Å²) < 4.78 is 0. The first kappa shape index (κ1) is 23.5. The zero-order valence-electron chi connectivity index (χ0n) is 16.6. The summed E-state index contributed by atoms with van der Waals surface area (Å²) in [5.74, 6) is 0.289. The molecule has 0 spiro atoms. The summed E-state index contributed by atoms with van der Waals surface area (Å²) in [5, 5.41) is 26.0. The summed E-state index contributed by atoms with van der Waals surface area (Å²) >= 11 is 0. The van der Waals surface area contributed by atoms with Gasteiger partial charge < -0.3 is 15.3 Å². The van der Waals surface area contributed by atoms with Crippen molar-refractivity contribution in [2.24, 2.45) is 5.41 Å². The van der Waals surface area contributed by atoms with E-state index in [9.17, 15) is 9.59 Å². The van der Waals surface area contributed by atoms with E-state index in [4.69, 9.17) is 15.3 Å². The predicted octanol–water partition coefficient (Wildman–Crippen LogP) is 2.79. The Kier molecular flexibility index (Phi) is 10.4. The monoisotopic (exact) mass is 378 g/mol. The molecule has 27 heavy (non-hydrogen) atoms. The lowest BCUT2D eigenvalue weighted by Crippen LogP contribution is -2.32. The summed E-state index contributed by atoms with van der Waals surface area (Å²) in [6.07, 6.45) is 5.31. The Labute approximate surface area is 162 Å². The SMILES string of the molecule is CCC(CO)(CO)CO.CCCCc1ccc(C2CC(=O)CC(=O)C2)cc1. The highest BCUT2D eigenvalue weighted by molar-refractivity contribution is 6.02. The second-order valence-corrected chi connectivity index (χ2v) is 7.53. The van der Waals surface area contributed by atoms with Gasteiger partial charge in [-0.25, -0.2) is 0 Å². The number of carbonyl (C=O) groups is 2. The van der Waals surface area contributed by atoms with E-state index in [0.717, 1.165) is 12.0 Å². The molecule has 0 unspecified atom stereocenters. The molecule has 0 aromatic heterocycles. The molecule has 1 fully saturated rings. The topological polar surface area (TPSA) is 94.8 Å². The third-order valence-corrected chi connectivity index (χ3v) is 5.37. The van der Waals surface area contributed by atoms with Crippen molar-refractivity contribution in [3.05, 3.63) is 35.4 Å². The molecule has 5 heteroatoms. The second kappa shape index (κ2) is 12.0. The summed E-state index contributed by atoms with van der Waals surface area (Å²) in [6, 6.07) is 8.44. The van der Waals surface area contributed by atoms with E-state index in [0.29, 0.717) is 19.3 Å². The zero-order chi connectivity index (χ0) is 20.3. The Hall–Kier alpha value is -1.56. The number of unbranched alkanes of at least 4 members (excludes halogenated alkanes) is 1. The van der Waals surface area contributed by atoms with Gasteiger partial charge in [-0.3, -0.25) is 9.59 Å². The highest BCUT2D eigenvalue weighted by Gasteiger charge is 2.26. The number of hydrogen-bond acceptors (Lipinski definition) is 5. The summed E-state index contributed by atoms with van der Waals surface area (Å²) in [4.78, 5) is 22.9. The van der Waals surface area contributed by atoms with Crippen molar-refractivity contribution in [1.82, 2.24) is 0 Å². The van der Waals surface area contributed by atoms with Crippen molar-refractivity contribution < 1.29 is 24.9 Å². The second-order valence-electron chi connectivity index (χ2n) is 7.53. The van der Waals surface area contributed by atoms with Crippen molar-refractivity contribution in [2.75, 3.05) is 19.8 Å². The molecule has 0 heterocycles. The molecule has 5 nitrogen and oxygen atoms in total. The lowest BCUT2D eigenvalue weighted by atomic mass is 9.82. The van der Waals surface area contributed by atoms with E-state index in [1.807, 2.05) is 6.92 Å². The van der Waals surface area contributed by atoms with Crippen LogP contribution in [0.15, 0.2) is 24.3 Å². The van der Waals surface area contributed by atoms with Crippen LogP contribution in [0.2, 0.25) is 0 Å². The molecule has 0 radical (unpaired) electrons. The van der Waals surface area contributed by atoms with E-state index in [1.54, 1.807) is 0 Å². The maximum atomic E-state index is 11.4. The molecule has 3 N–H and O–H groups in total. The minimum atomic E-state index is -0.667. The van der Waals surface area contributed by atoms with Gasteiger partial charge in [0.2, 0.25) is 0 Å². The molecule has 0 bridgehead atoms. The Bertz CT molecular complexity index is 541. The minimum Gasteiger partial charge on any atom is -0.396 e. The number of Topliss-reactive ketones (excluding diaryl/α,β-unsaturated/α-hetero) is 2. The van der Waals surface area contributed by atoms with E-state index in [-0.39, 0.29) is 43.7 Å². The smallest absolute Gasteiger partial charge is 0.140 e. The first-order valence-electron chi connectivity index (χ1n) is 9.88. The Morgan fingerprint density at radius 3 is 1.81 bits per heavy atom. The minimum absolute atomic E-state index is 0.0892. The predicted molar refractivity (Wildman–Crippen MR) is 106 cm³/mol. The van der Waals surface area contributed by atoms with Crippen molar-refractivity contribution in [1.29, 1.82) is 0 Å². The average molecular weight is 379 g/mol. The molecule has 0 atom stereocenters. The molecule has 0 amide bonds. The number of carbonyl (C=O) groups excluding carboxylic acids is 2. The van der Waals surface area contributed by atoms with E-state index >= 15 is 0 Å². The molecular formula is C22H34O5. The van der Waals surface area contributed by atoms with Gasteiger partial charge in [0.25, 0.3) is 0 Å². The van der Waals surface area contributed by atoms with Gasteiger partial charge in [-0.2, -0.15) is 0 Å². The molecule has 1 aliphatic carbocycles. The van der Waals surface area contributed by atoms with Crippen LogP contribution < -0.4 is 0 Å². The lowest BCUT2D eigenvalue weighted by Gasteiger charge is -2.24. The van der Waals surface area contributed by atoms with Crippen LogP contribution in [-0.4, -0.2) is 46.7 Å². The highest BCUT2D eigenvalue weighted by Crippen LogP contribution is 2.29. The standard InChI is InChI=1S/C16H20O2.C6H14O3/c1-2-3-4-12-5-7-13(8-6-12)14-9-15(17)11-16(18)10-14;1-2-6(3-7,4-8)5-9/h5-8,14H,2-4,9-11H2,1H3;7-9H,2-5H2,1H3. The zero-order valence-corrected chi connectivity index (χ0v) is 16.6. The van der Waals surface area contributed by atoms with Crippen LogP contribution >= 0.6 is 0 Å². The van der Waals surface area contributed by atoms with Crippen molar-refractivity contribution in [3.63, 3.8) is 0 Å². The molecule has 0 saturated heterocycles. The van der Waals surface area contributed by atoms with Crippen LogP contribution in [-0.2, 0) is 16.0 Å². The number of benzene rings is 1. The third-order valence-electron chi connectivity index (χ3n) is 5.37. The van der Waals surface area contributed by atoms with Crippen molar-refractivity contribution in [2.45, 2.75) is 64.7 Å². The van der Waals surface area contributed by atoms with E-state index in [1.165, 1.54) is 18.4 Å². The lowest BCUT2D eigenvalue weighted by molar-refractivity contribution is -0.130. The van der Waals surface area contributed by atoms with Gasteiger partial charge in [-0.05, 0) is 36.3 Å². The number of ketones is 2. The maximum Gasteiger partial charge on any atom is 0.140 e. The van der Waals surface area contributed by atoms with Gasteiger partial charge in [-0.15, -0.1) is 0 Å². The van der Waals surface area contributed by atoms with Crippen LogP contribution in [0.5, 0.6) is 0 Å². The molecule has 2 rings (SSSR count). The third kappa shape index (κ3) is 7.53. The average Bonchev–Trinajstić information content (AvgIpc) is 2.69. The molecule has 1 aromatic carbocycles. The summed E-state index contributed by atoms with van der Waals surface area (Å²) in [7, 11) is 0. The molecule has 1 aromatic rings. The maximum absolute atomic E-state index is 11.4. The van der Waals surface area contributed by atoms with Gasteiger partial charge in [0.15, 0.2) is 0 Å². The van der Waals surface area contributed by atoms with Crippen LogP contribution in [0.1, 0.15) is 69.4 Å². The number of rotatable bonds is 8. The van der Waals surface area contributed by atoms with Crippen molar-refractivity contribution in [3.8, 4) is 0 Å². The molecular weight excluding hydrogens is 344 g/mol. The largest absolute Gasteiger partial charge is 0.396 e. The van der Waals surface area contributed by atoms with Gasteiger partial charge in [0.1, 0.15) is 11.6 Å². The van der Waals surface area contributed by atoms with Crippen LogP contribution in [0.3, 0.4) is 0 Å². The number of aliphatic hydroxyl groups excluding tert-OH is 3. The number of aryl methyl sites for hydroxylation is 1. The fourth-order valence-electron chi connectivity index (χ4n) is 3.04. The van der Waals surface area contributed by atoms with Crippen LogP contribution in [0, 0.1) is 5.41 Å². The van der Waals surface area contributed by atoms with E-state index in [2.05, 4.69) is 31.2 Å². The van der Waals surface area contributed by atoms with Gasteiger partial charge in [0, 0.05) is 18.3 Å². The quantitative estimate of drug-likeness (QED) is 0.605. The first-order valence-corrected chi connectivity index (χ1v) is 9.88. The normalized spacial score (nSPS) is 15.4. The molecule has 0 aliphatic heterocycles. The first-order chi connectivity index (χ1) is 12.9. The molecule has 152 valence electrons. The number of aliphatic hydroxyl groups is 3.